The van der Waals surface area contributed by atoms with Crippen LogP contribution in [0.15, 0.2) is 60.3 Å². The first-order valence-corrected chi connectivity index (χ1v) is 7.42. The Morgan fingerprint density at radius 3 is 1.71 bits per heavy atom. The molecule has 2 nitrogen and oxygen atoms in total. The Bertz CT molecular complexity index is 607. The molecule has 2 N–H and O–H groups in total. The van der Waals surface area contributed by atoms with Crippen molar-refractivity contribution < 1.29 is 5.11 Å². The molecule has 0 fully saturated rings. The lowest BCUT2D eigenvalue weighted by Crippen LogP contribution is -2.35. The molecule has 0 atom stereocenters. The normalized spacial score (nSPS) is 14.7. The second-order valence-corrected chi connectivity index (χ2v) is 5.78. The van der Waals surface area contributed by atoms with Crippen molar-refractivity contribution in [3.63, 3.8) is 0 Å². The molecule has 3 rings (SSSR count). The molecule has 0 amide bonds. The molecule has 2 heteroatoms. The number of nitrogens with one attached hydrogen (secondary N) is 1. The fraction of sp³-hybridized carbons (Fsp3) is 0.263. The van der Waals surface area contributed by atoms with Crippen molar-refractivity contribution in [3.05, 3.63) is 82.6 Å². The van der Waals surface area contributed by atoms with Crippen LogP contribution in [0.25, 0.3) is 0 Å². The number of hydrogen-bond acceptors (Lipinski definition) is 2. The second kappa shape index (κ2) is 5.38. The van der Waals surface area contributed by atoms with E-state index in [9.17, 15) is 5.11 Å². The van der Waals surface area contributed by atoms with Crippen LogP contribution in [0.5, 0.6) is 0 Å². The third-order valence-electron chi connectivity index (χ3n) is 4.14. The Morgan fingerprint density at radius 1 is 0.857 bits per heavy atom. The van der Waals surface area contributed by atoms with Crippen LogP contribution in [0.2, 0.25) is 0 Å². The van der Waals surface area contributed by atoms with Crippen LogP contribution in [-0.4, -0.2) is 11.7 Å². The van der Waals surface area contributed by atoms with Crippen LogP contribution < -0.4 is 5.32 Å². The molecule has 0 unspecified atom stereocenters. The highest BCUT2D eigenvalue weighted by Crippen LogP contribution is 2.37. The summed E-state index contributed by atoms with van der Waals surface area (Å²) in [6.07, 6.45) is 3.05. The zero-order valence-corrected chi connectivity index (χ0v) is 12.6. The smallest absolute Gasteiger partial charge is 0.154 e. The Morgan fingerprint density at radius 2 is 1.33 bits per heavy atom. The fourth-order valence-corrected chi connectivity index (χ4v) is 2.84. The Labute approximate surface area is 126 Å². The number of hydrogen-bond donors (Lipinski definition) is 2. The first-order valence-electron chi connectivity index (χ1n) is 7.42. The van der Waals surface area contributed by atoms with Crippen molar-refractivity contribution in [1.82, 2.24) is 5.32 Å². The Balaban J connectivity index is 2.14. The summed E-state index contributed by atoms with van der Waals surface area (Å²) in [6, 6.07) is 16.2. The molecule has 0 spiro atoms. The van der Waals surface area contributed by atoms with E-state index in [0.717, 1.165) is 29.8 Å². The number of benzene rings is 2. The van der Waals surface area contributed by atoms with Gasteiger partial charge >= 0.3 is 0 Å². The van der Waals surface area contributed by atoms with E-state index in [2.05, 4.69) is 25.2 Å². The highest BCUT2D eigenvalue weighted by atomic mass is 16.3. The maximum atomic E-state index is 11.5. The van der Waals surface area contributed by atoms with Gasteiger partial charge in [0.25, 0.3) is 0 Å². The van der Waals surface area contributed by atoms with Gasteiger partial charge in [-0.3, -0.25) is 0 Å². The molecule has 1 heterocycles. The predicted molar refractivity (Wildman–Crippen MR) is 86.1 cm³/mol. The standard InChI is InChI=1S/C19H21NO/c1-14-5-9-16(10-6-14)19(21,18-4-3-13-20-18)17-11-7-15(2)8-12-17/h4-12,20-21H,3,13H2,1-2H3. The molecule has 0 aliphatic carbocycles. The summed E-state index contributed by atoms with van der Waals surface area (Å²) in [4.78, 5) is 0. The van der Waals surface area contributed by atoms with E-state index in [1.165, 1.54) is 11.1 Å². The monoisotopic (exact) mass is 279 g/mol. The van der Waals surface area contributed by atoms with Crippen molar-refractivity contribution in [1.29, 1.82) is 0 Å². The van der Waals surface area contributed by atoms with Gasteiger partial charge in [-0.1, -0.05) is 65.7 Å². The summed E-state index contributed by atoms with van der Waals surface area (Å²) in [6.45, 7) is 5.00. The largest absolute Gasteiger partial charge is 0.385 e. The average Bonchev–Trinajstić information content (AvgIpc) is 3.02. The van der Waals surface area contributed by atoms with E-state index in [1.807, 2.05) is 48.5 Å². The first-order chi connectivity index (χ1) is 10.1. The maximum absolute atomic E-state index is 11.5. The molecule has 2 aromatic carbocycles. The van der Waals surface area contributed by atoms with Crippen LogP contribution in [0.4, 0.5) is 0 Å². The van der Waals surface area contributed by atoms with Gasteiger partial charge in [-0.05, 0) is 31.4 Å². The summed E-state index contributed by atoms with van der Waals surface area (Å²) in [5.41, 5.74) is 3.97. The predicted octanol–water partition coefficient (Wildman–Crippen LogP) is 3.42. The first kappa shape index (κ1) is 13.9. The lowest BCUT2D eigenvalue weighted by molar-refractivity contribution is 0.114. The van der Waals surface area contributed by atoms with Crippen LogP contribution in [0.1, 0.15) is 28.7 Å². The third-order valence-corrected chi connectivity index (χ3v) is 4.14. The van der Waals surface area contributed by atoms with Crippen LogP contribution in [-0.2, 0) is 5.60 Å². The molecule has 0 radical (unpaired) electrons. The van der Waals surface area contributed by atoms with Gasteiger partial charge in [0.2, 0.25) is 0 Å². The quantitative estimate of drug-likeness (QED) is 0.902. The number of aliphatic hydroxyl groups is 1. The van der Waals surface area contributed by atoms with E-state index < -0.39 is 5.60 Å². The summed E-state index contributed by atoms with van der Waals surface area (Å²) >= 11 is 0. The van der Waals surface area contributed by atoms with Gasteiger partial charge in [-0.15, -0.1) is 0 Å². The van der Waals surface area contributed by atoms with Gasteiger partial charge in [-0.25, -0.2) is 0 Å². The van der Waals surface area contributed by atoms with Gasteiger partial charge in [0, 0.05) is 12.2 Å². The molecule has 1 aliphatic rings. The zero-order chi connectivity index (χ0) is 14.9. The minimum atomic E-state index is -1.10. The van der Waals surface area contributed by atoms with Gasteiger partial charge in [-0.2, -0.15) is 0 Å². The summed E-state index contributed by atoms with van der Waals surface area (Å²) in [7, 11) is 0. The van der Waals surface area contributed by atoms with Crippen molar-refractivity contribution in [3.8, 4) is 0 Å². The maximum Gasteiger partial charge on any atom is 0.154 e. The molecular formula is C19H21NO. The average molecular weight is 279 g/mol. The van der Waals surface area contributed by atoms with Crippen LogP contribution >= 0.6 is 0 Å². The SMILES string of the molecule is Cc1ccc(C(O)(C2=CCCN2)c2ccc(C)cc2)cc1. The topological polar surface area (TPSA) is 32.3 Å². The lowest BCUT2D eigenvalue weighted by Gasteiger charge is -2.31. The Hall–Kier alpha value is -2.06. The van der Waals surface area contributed by atoms with Crippen molar-refractivity contribution >= 4 is 0 Å². The molecule has 21 heavy (non-hydrogen) atoms. The molecule has 1 aliphatic heterocycles. The third kappa shape index (κ3) is 2.47. The molecule has 108 valence electrons. The lowest BCUT2D eigenvalue weighted by atomic mass is 9.83. The minimum absolute atomic E-state index is 0.884. The Kier molecular flexibility index (Phi) is 3.56. The van der Waals surface area contributed by atoms with Crippen molar-refractivity contribution in [2.75, 3.05) is 6.54 Å². The van der Waals surface area contributed by atoms with Crippen LogP contribution in [0.3, 0.4) is 0 Å². The molecule has 2 aromatic rings. The molecule has 0 saturated heterocycles. The van der Waals surface area contributed by atoms with Crippen molar-refractivity contribution in [2.45, 2.75) is 25.9 Å². The van der Waals surface area contributed by atoms with Gasteiger partial charge in [0.1, 0.15) is 0 Å². The zero-order valence-electron chi connectivity index (χ0n) is 12.6. The number of rotatable bonds is 3. The van der Waals surface area contributed by atoms with E-state index in [-0.39, 0.29) is 0 Å². The van der Waals surface area contributed by atoms with Crippen LogP contribution in [0, 0.1) is 13.8 Å². The van der Waals surface area contributed by atoms with E-state index in [1.54, 1.807) is 0 Å². The highest BCUT2D eigenvalue weighted by molar-refractivity contribution is 5.46. The summed E-state index contributed by atoms with van der Waals surface area (Å²) in [5.74, 6) is 0. The summed E-state index contributed by atoms with van der Waals surface area (Å²) < 4.78 is 0. The second-order valence-electron chi connectivity index (χ2n) is 5.78. The molecular weight excluding hydrogens is 258 g/mol. The number of aryl methyl sites for hydroxylation is 2. The van der Waals surface area contributed by atoms with Crippen molar-refractivity contribution in [2.24, 2.45) is 0 Å². The van der Waals surface area contributed by atoms with E-state index >= 15 is 0 Å². The molecule has 0 bridgehead atoms. The van der Waals surface area contributed by atoms with Gasteiger partial charge < -0.3 is 10.4 Å². The van der Waals surface area contributed by atoms with E-state index in [0.29, 0.717) is 0 Å². The van der Waals surface area contributed by atoms with Gasteiger partial charge in [0.05, 0.1) is 0 Å². The molecule has 0 aromatic heterocycles. The minimum Gasteiger partial charge on any atom is -0.385 e. The fourth-order valence-electron chi connectivity index (χ4n) is 2.84. The molecule has 0 saturated carbocycles. The summed E-state index contributed by atoms with van der Waals surface area (Å²) in [5, 5.41) is 14.8. The van der Waals surface area contributed by atoms with E-state index in [4.69, 9.17) is 0 Å². The van der Waals surface area contributed by atoms with Gasteiger partial charge in [0.15, 0.2) is 5.60 Å². The highest BCUT2D eigenvalue weighted by Gasteiger charge is 2.36.